The van der Waals surface area contributed by atoms with E-state index in [0.717, 1.165) is 43.4 Å². The molecule has 1 aromatic heterocycles. The van der Waals surface area contributed by atoms with E-state index in [9.17, 15) is 13.2 Å². The quantitative estimate of drug-likeness (QED) is 0.312. The maximum Gasteiger partial charge on any atom is 0.261 e. The number of thiazole rings is 1. The van der Waals surface area contributed by atoms with Crippen molar-refractivity contribution in [2.75, 3.05) is 48.9 Å². The first-order valence-corrected chi connectivity index (χ1v) is 14.9. The number of aromatic nitrogens is 1. The zero-order valence-corrected chi connectivity index (χ0v) is 24.3. The lowest BCUT2D eigenvalue weighted by Gasteiger charge is -2.34. The Morgan fingerprint density at radius 3 is 2.26 bits per heavy atom. The van der Waals surface area contributed by atoms with E-state index >= 15 is 0 Å². The molecule has 3 aromatic carbocycles. The van der Waals surface area contributed by atoms with E-state index in [4.69, 9.17) is 4.98 Å². The Bertz CT molecular complexity index is 1500. The zero-order valence-electron chi connectivity index (χ0n) is 21.9. The minimum atomic E-state index is -3.67. The van der Waals surface area contributed by atoms with Gasteiger partial charge < -0.3 is 10.2 Å². The number of piperazine rings is 1. The molecule has 4 aromatic rings. The highest BCUT2D eigenvalue weighted by molar-refractivity contribution is 7.92. The molecule has 0 saturated carbocycles. The van der Waals surface area contributed by atoms with Crippen LogP contribution in [0.25, 0.3) is 10.2 Å². The Balaban J connectivity index is 0.00000353. The number of carbonyl (C=O) groups excluding carboxylic acids is 1. The number of hydrogen-bond donors (Lipinski definition) is 2. The van der Waals surface area contributed by atoms with Crippen molar-refractivity contribution in [3.63, 3.8) is 0 Å². The SMILES string of the molecule is Cc1ccc(C)c2sc(N3CCN(CCNC(=O)c4ccc(NS(=O)(=O)c5ccccc5)cc4)CC3)nc12.Cl. The van der Waals surface area contributed by atoms with Gasteiger partial charge >= 0.3 is 0 Å². The van der Waals surface area contributed by atoms with Crippen LogP contribution in [0.15, 0.2) is 71.6 Å². The molecule has 0 radical (unpaired) electrons. The molecular formula is C28H32ClN5O3S2. The van der Waals surface area contributed by atoms with E-state index in [2.05, 4.69) is 45.8 Å². The normalized spacial score (nSPS) is 14.2. The summed E-state index contributed by atoms with van der Waals surface area (Å²) < 4.78 is 28.8. The number of fused-ring (bicyclic) bond motifs is 1. The first-order valence-electron chi connectivity index (χ1n) is 12.6. The van der Waals surface area contributed by atoms with Crippen molar-refractivity contribution in [2.45, 2.75) is 18.7 Å². The standard InChI is InChI=1S/C28H31N5O3S2.ClH/c1-20-8-9-21(2)26-25(20)30-28(37-26)33-18-16-32(17-19-33)15-14-29-27(34)22-10-12-23(13-11-22)31-38(35,36)24-6-4-3-5-7-24;/h3-13,31H,14-19H2,1-2H3,(H,29,34);1H. The van der Waals surface area contributed by atoms with Gasteiger partial charge in [0.05, 0.1) is 15.1 Å². The van der Waals surface area contributed by atoms with Gasteiger partial charge in [-0.3, -0.25) is 14.4 Å². The van der Waals surface area contributed by atoms with Crippen molar-refractivity contribution in [1.82, 2.24) is 15.2 Å². The van der Waals surface area contributed by atoms with Gasteiger partial charge in [-0.2, -0.15) is 0 Å². The Morgan fingerprint density at radius 2 is 1.59 bits per heavy atom. The summed E-state index contributed by atoms with van der Waals surface area (Å²) in [6.45, 7) is 9.21. The molecule has 0 bridgehead atoms. The number of carbonyl (C=O) groups is 1. The van der Waals surface area contributed by atoms with Gasteiger partial charge in [-0.25, -0.2) is 13.4 Å². The Hall–Kier alpha value is -3.18. The number of rotatable bonds is 8. The van der Waals surface area contributed by atoms with E-state index in [1.807, 2.05) is 0 Å². The number of nitrogens with zero attached hydrogens (tertiary/aromatic N) is 3. The van der Waals surface area contributed by atoms with Crippen LogP contribution in [0.2, 0.25) is 0 Å². The summed E-state index contributed by atoms with van der Waals surface area (Å²) in [5.41, 5.74) is 4.48. The van der Waals surface area contributed by atoms with Crippen LogP contribution >= 0.6 is 23.7 Å². The molecule has 206 valence electrons. The summed E-state index contributed by atoms with van der Waals surface area (Å²) in [6, 6.07) is 18.9. The Morgan fingerprint density at radius 1 is 0.923 bits per heavy atom. The molecule has 1 saturated heterocycles. The van der Waals surface area contributed by atoms with Crippen molar-refractivity contribution in [3.05, 3.63) is 83.4 Å². The molecule has 8 nitrogen and oxygen atoms in total. The lowest BCUT2D eigenvalue weighted by atomic mass is 10.1. The molecule has 5 rings (SSSR count). The smallest absolute Gasteiger partial charge is 0.261 e. The summed E-state index contributed by atoms with van der Waals surface area (Å²) in [4.78, 5) is 22.4. The summed E-state index contributed by atoms with van der Waals surface area (Å²) in [6.07, 6.45) is 0. The molecule has 2 heterocycles. The van der Waals surface area contributed by atoms with E-state index in [1.54, 1.807) is 53.8 Å². The third-order valence-electron chi connectivity index (χ3n) is 6.74. The van der Waals surface area contributed by atoms with Gasteiger partial charge in [-0.05, 0) is 61.4 Å². The van der Waals surface area contributed by atoms with Crippen LogP contribution in [0.3, 0.4) is 0 Å². The lowest BCUT2D eigenvalue weighted by molar-refractivity contribution is 0.0948. The molecule has 0 aliphatic carbocycles. The molecule has 0 spiro atoms. The Labute approximate surface area is 239 Å². The van der Waals surface area contributed by atoms with Crippen LogP contribution in [0.4, 0.5) is 10.8 Å². The van der Waals surface area contributed by atoms with Crippen molar-refractivity contribution in [1.29, 1.82) is 0 Å². The van der Waals surface area contributed by atoms with E-state index in [0.29, 0.717) is 17.8 Å². The summed E-state index contributed by atoms with van der Waals surface area (Å²) in [5.74, 6) is -0.179. The lowest BCUT2D eigenvalue weighted by Crippen LogP contribution is -2.48. The molecule has 1 amide bonds. The third kappa shape index (κ3) is 6.70. The highest BCUT2D eigenvalue weighted by atomic mass is 35.5. The monoisotopic (exact) mass is 585 g/mol. The van der Waals surface area contributed by atoms with E-state index in [-0.39, 0.29) is 23.2 Å². The topological polar surface area (TPSA) is 94.6 Å². The van der Waals surface area contributed by atoms with E-state index in [1.165, 1.54) is 28.0 Å². The average Bonchev–Trinajstić information content (AvgIpc) is 3.39. The largest absolute Gasteiger partial charge is 0.351 e. The summed E-state index contributed by atoms with van der Waals surface area (Å²) in [5, 5.41) is 4.05. The fraction of sp³-hybridized carbons (Fsp3) is 0.286. The fourth-order valence-corrected chi connectivity index (χ4v) is 6.72. The average molecular weight is 586 g/mol. The fourth-order valence-electron chi connectivity index (χ4n) is 4.48. The van der Waals surface area contributed by atoms with Gasteiger partial charge in [0.2, 0.25) is 0 Å². The number of anilines is 2. The van der Waals surface area contributed by atoms with Gasteiger partial charge in [0.15, 0.2) is 5.13 Å². The second kappa shape index (κ2) is 12.3. The first-order chi connectivity index (χ1) is 18.3. The molecule has 2 N–H and O–H groups in total. The van der Waals surface area contributed by atoms with Crippen LogP contribution in [-0.2, 0) is 10.0 Å². The molecule has 1 fully saturated rings. The predicted molar refractivity (Wildman–Crippen MR) is 161 cm³/mol. The third-order valence-corrected chi connectivity index (χ3v) is 9.39. The van der Waals surface area contributed by atoms with Crippen LogP contribution in [0.1, 0.15) is 21.5 Å². The molecule has 0 unspecified atom stereocenters. The van der Waals surface area contributed by atoms with Crippen molar-refractivity contribution < 1.29 is 13.2 Å². The Kier molecular flexibility index (Phi) is 9.12. The first kappa shape index (κ1) is 28.8. The van der Waals surface area contributed by atoms with Gasteiger partial charge in [0, 0.05) is 50.5 Å². The van der Waals surface area contributed by atoms with Gasteiger partial charge in [-0.15, -0.1) is 12.4 Å². The summed E-state index contributed by atoms with van der Waals surface area (Å²) in [7, 11) is -3.67. The molecule has 1 aliphatic rings. The van der Waals surface area contributed by atoms with Gasteiger partial charge in [0.25, 0.3) is 15.9 Å². The van der Waals surface area contributed by atoms with Crippen molar-refractivity contribution in [3.8, 4) is 0 Å². The van der Waals surface area contributed by atoms with Crippen LogP contribution in [0.5, 0.6) is 0 Å². The maximum atomic E-state index is 12.6. The number of sulfonamides is 1. The highest BCUT2D eigenvalue weighted by Gasteiger charge is 2.21. The highest BCUT2D eigenvalue weighted by Crippen LogP contribution is 2.33. The van der Waals surface area contributed by atoms with Crippen molar-refractivity contribution >= 4 is 60.7 Å². The van der Waals surface area contributed by atoms with Crippen molar-refractivity contribution in [2.24, 2.45) is 0 Å². The van der Waals surface area contributed by atoms with E-state index < -0.39 is 10.0 Å². The maximum absolute atomic E-state index is 12.6. The molecule has 1 aliphatic heterocycles. The van der Waals surface area contributed by atoms with Crippen LogP contribution in [0, 0.1) is 13.8 Å². The van der Waals surface area contributed by atoms with Crippen LogP contribution in [-0.4, -0.2) is 63.5 Å². The summed E-state index contributed by atoms with van der Waals surface area (Å²) >= 11 is 1.77. The molecule has 0 atom stereocenters. The van der Waals surface area contributed by atoms with Crippen LogP contribution < -0.4 is 14.9 Å². The van der Waals surface area contributed by atoms with Gasteiger partial charge in [-0.1, -0.05) is 41.7 Å². The number of aryl methyl sites for hydroxylation is 2. The minimum absolute atomic E-state index is 0. The molecule has 39 heavy (non-hydrogen) atoms. The second-order valence-electron chi connectivity index (χ2n) is 9.45. The second-order valence-corrected chi connectivity index (χ2v) is 12.1. The number of nitrogens with one attached hydrogen (secondary N) is 2. The number of benzene rings is 3. The molecular weight excluding hydrogens is 554 g/mol. The molecule has 11 heteroatoms. The predicted octanol–water partition coefficient (Wildman–Crippen LogP) is 4.69. The van der Waals surface area contributed by atoms with Gasteiger partial charge in [0.1, 0.15) is 0 Å². The zero-order chi connectivity index (χ0) is 26.7. The number of halogens is 1. The number of hydrogen-bond acceptors (Lipinski definition) is 7. The number of amides is 1. The minimum Gasteiger partial charge on any atom is -0.351 e.